The molecule has 0 saturated carbocycles. The molecular weight excluding hydrogens is 344 g/mol. The monoisotopic (exact) mass is 382 g/mol. The average molecular weight is 383 g/mol. The van der Waals surface area contributed by atoms with Gasteiger partial charge in [0, 0.05) is 6.61 Å². The quantitative estimate of drug-likeness (QED) is 0.166. The highest BCUT2D eigenvalue weighted by Crippen LogP contribution is 2.12. The molecule has 27 heavy (non-hydrogen) atoms. The van der Waals surface area contributed by atoms with Crippen LogP contribution in [0.1, 0.15) is 76.7 Å². The minimum atomic E-state index is -1.12. The summed E-state index contributed by atoms with van der Waals surface area (Å²) in [6.45, 7) is 2.55. The van der Waals surface area contributed by atoms with E-state index in [-0.39, 0.29) is 6.61 Å². The van der Waals surface area contributed by atoms with Crippen LogP contribution in [0.2, 0.25) is 0 Å². The van der Waals surface area contributed by atoms with Crippen LogP contribution < -0.4 is 0 Å². The largest absolute Gasteiger partial charge is 0.393 e. The molecule has 0 aromatic heterocycles. The first-order chi connectivity index (χ1) is 13.3. The molecule has 0 saturated heterocycles. The van der Waals surface area contributed by atoms with Crippen LogP contribution in [0.5, 0.6) is 0 Å². The van der Waals surface area contributed by atoms with E-state index in [2.05, 4.69) is 6.92 Å². The standard InChI is InChI=1S/C22H38O5/c1-2-3-4-5-6-7-8-9-10-14-17-25-22(21(24)18-23)27-26-19-20-15-12-11-13-16-20/h11-13,15-16,21-24H,2-10,14,17-19H2,1H3. The SMILES string of the molecule is CCCCCCCCCCCCOC(OOCc1ccccc1)C(O)CO. The first kappa shape index (κ1) is 24.1. The van der Waals surface area contributed by atoms with E-state index in [4.69, 9.17) is 19.6 Å². The number of unbranched alkanes of at least 4 members (excludes halogenated alkanes) is 9. The molecule has 0 bridgehead atoms. The van der Waals surface area contributed by atoms with Crippen molar-refractivity contribution in [2.24, 2.45) is 0 Å². The summed E-state index contributed by atoms with van der Waals surface area (Å²) in [4.78, 5) is 10.3. The van der Waals surface area contributed by atoms with Gasteiger partial charge in [0.05, 0.1) is 6.61 Å². The van der Waals surface area contributed by atoms with Crippen LogP contribution in [0.25, 0.3) is 0 Å². The van der Waals surface area contributed by atoms with Gasteiger partial charge >= 0.3 is 0 Å². The zero-order valence-corrected chi connectivity index (χ0v) is 16.9. The topological polar surface area (TPSA) is 68.2 Å². The van der Waals surface area contributed by atoms with Crippen LogP contribution in [0, 0.1) is 0 Å². The molecule has 2 N–H and O–H groups in total. The third kappa shape index (κ3) is 12.9. The van der Waals surface area contributed by atoms with Gasteiger partial charge in [-0.3, -0.25) is 0 Å². The maximum absolute atomic E-state index is 9.80. The van der Waals surface area contributed by atoms with Crippen molar-refractivity contribution in [1.82, 2.24) is 0 Å². The molecule has 0 aliphatic heterocycles. The van der Waals surface area contributed by atoms with Crippen LogP contribution in [0.3, 0.4) is 0 Å². The molecule has 0 fully saturated rings. The minimum Gasteiger partial charge on any atom is -0.393 e. The van der Waals surface area contributed by atoms with Crippen molar-refractivity contribution >= 4 is 0 Å². The molecule has 2 atom stereocenters. The Morgan fingerprint density at radius 1 is 0.852 bits per heavy atom. The fourth-order valence-electron chi connectivity index (χ4n) is 2.82. The number of aliphatic hydroxyl groups excluding tert-OH is 2. The van der Waals surface area contributed by atoms with Crippen molar-refractivity contribution in [3.8, 4) is 0 Å². The summed E-state index contributed by atoms with van der Waals surface area (Å²) in [5.74, 6) is 0. The van der Waals surface area contributed by atoms with E-state index in [1.54, 1.807) is 0 Å². The zero-order valence-electron chi connectivity index (χ0n) is 16.9. The van der Waals surface area contributed by atoms with Gasteiger partial charge in [0.1, 0.15) is 12.7 Å². The summed E-state index contributed by atoms with van der Waals surface area (Å²) in [5, 5.41) is 18.9. The lowest BCUT2D eigenvalue weighted by atomic mass is 10.1. The van der Waals surface area contributed by atoms with Crippen molar-refractivity contribution in [2.75, 3.05) is 13.2 Å². The molecule has 0 amide bonds. The van der Waals surface area contributed by atoms with Gasteiger partial charge in [-0.25, -0.2) is 9.78 Å². The molecular formula is C22H38O5. The molecule has 2 unspecified atom stereocenters. The smallest absolute Gasteiger partial charge is 0.219 e. The van der Waals surface area contributed by atoms with Gasteiger partial charge in [-0.05, 0) is 12.0 Å². The molecule has 0 aliphatic rings. The van der Waals surface area contributed by atoms with Crippen LogP contribution in [0.4, 0.5) is 0 Å². The van der Waals surface area contributed by atoms with Gasteiger partial charge in [-0.15, -0.1) is 0 Å². The summed E-state index contributed by atoms with van der Waals surface area (Å²) < 4.78 is 5.55. The summed E-state index contributed by atoms with van der Waals surface area (Å²) in [5.41, 5.74) is 0.962. The van der Waals surface area contributed by atoms with Gasteiger partial charge in [0.15, 0.2) is 0 Å². The third-order valence-corrected chi connectivity index (χ3v) is 4.51. The van der Waals surface area contributed by atoms with Gasteiger partial charge in [-0.1, -0.05) is 95.0 Å². The molecule has 1 aromatic carbocycles. The number of rotatable bonds is 18. The molecule has 156 valence electrons. The van der Waals surface area contributed by atoms with E-state index in [1.807, 2.05) is 30.3 Å². The zero-order chi connectivity index (χ0) is 19.6. The molecule has 5 nitrogen and oxygen atoms in total. The summed E-state index contributed by atoms with van der Waals surface area (Å²) in [6.07, 6.45) is 10.4. The van der Waals surface area contributed by atoms with Crippen LogP contribution in [-0.4, -0.2) is 35.8 Å². The Morgan fingerprint density at radius 2 is 1.44 bits per heavy atom. The summed E-state index contributed by atoms with van der Waals surface area (Å²) in [6, 6.07) is 9.61. The van der Waals surface area contributed by atoms with E-state index in [1.165, 1.54) is 51.4 Å². The number of ether oxygens (including phenoxy) is 1. The van der Waals surface area contributed by atoms with Crippen molar-refractivity contribution in [3.63, 3.8) is 0 Å². The fourth-order valence-corrected chi connectivity index (χ4v) is 2.82. The van der Waals surface area contributed by atoms with Gasteiger partial charge in [0.25, 0.3) is 0 Å². The Morgan fingerprint density at radius 3 is 2.04 bits per heavy atom. The van der Waals surface area contributed by atoms with Gasteiger partial charge in [-0.2, -0.15) is 0 Å². The molecule has 0 spiro atoms. The Hall–Kier alpha value is -0.980. The number of hydrogen-bond donors (Lipinski definition) is 2. The number of benzene rings is 1. The number of aliphatic hydroxyl groups is 2. The van der Waals surface area contributed by atoms with Crippen molar-refractivity contribution in [1.29, 1.82) is 0 Å². The first-order valence-corrected chi connectivity index (χ1v) is 10.5. The highest BCUT2D eigenvalue weighted by molar-refractivity contribution is 5.13. The van der Waals surface area contributed by atoms with Crippen molar-refractivity contribution < 1.29 is 24.7 Å². The molecule has 0 radical (unpaired) electrons. The lowest BCUT2D eigenvalue weighted by Crippen LogP contribution is -2.35. The van der Waals surface area contributed by atoms with Crippen molar-refractivity contribution in [3.05, 3.63) is 35.9 Å². The second kappa shape index (κ2) is 17.1. The number of hydrogen-bond acceptors (Lipinski definition) is 5. The minimum absolute atomic E-state index is 0.261. The van der Waals surface area contributed by atoms with E-state index in [9.17, 15) is 5.11 Å². The van der Waals surface area contributed by atoms with E-state index < -0.39 is 19.0 Å². The Balaban J connectivity index is 2.05. The predicted molar refractivity (Wildman–Crippen MR) is 107 cm³/mol. The lowest BCUT2D eigenvalue weighted by molar-refractivity contribution is -0.402. The second-order valence-corrected chi connectivity index (χ2v) is 7.02. The maximum Gasteiger partial charge on any atom is 0.219 e. The normalized spacial score (nSPS) is 13.6. The van der Waals surface area contributed by atoms with Crippen molar-refractivity contribution in [2.45, 2.75) is 90.1 Å². The Labute approximate surface area is 164 Å². The van der Waals surface area contributed by atoms with Crippen LogP contribution in [-0.2, 0) is 21.1 Å². The van der Waals surface area contributed by atoms with E-state index >= 15 is 0 Å². The van der Waals surface area contributed by atoms with Crippen LogP contribution >= 0.6 is 0 Å². The Kier molecular flexibility index (Phi) is 15.3. The van der Waals surface area contributed by atoms with Crippen LogP contribution in [0.15, 0.2) is 30.3 Å². The average Bonchev–Trinajstić information content (AvgIpc) is 2.70. The molecule has 0 aliphatic carbocycles. The molecule has 1 rings (SSSR count). The van der Waals surface area contributed by atoms with E-state index in [0.29, 0.717) is 6.61 Å². The highest BCUT2D eigenvalue weighted by atomic mass is 17.2. The summed E-state index contributed by atoms with van der Waals surface area (Å²) >= 11 is 0. The molecule has 1 aromatic rings. The molecule has 0 heterocycles. The van der Waals surface area contributed by atoms with Gasteiger partial charge in [0.2, 0.25) is 6.29 Å². The summed E-state index contributed by atoms with van der Waals surface area (Å²) in [7, 11) is 0. The first-order valence-electron chi connectivity index (χ1n) is 10.5. The Bertz CT molecular complexity index is 426. The van der Waals surface area contributed by atoms with Gasteiger partial charge < -0.3 is 14.9 Å². The van der Waals surface area contributed by atoms with E-state index in [0.717, 1.165) is 18.4 Å². The predicted octanol–water partition coefficient (Wildman–Crippen LogP) is 4.75. The molecule has 5 heteroatoms. The second-order valence-electron chi connectivity index (χ2n) is 7.02. The maximum atomic E-state index is 9.80. The third-order valence-electron chi connectivity index (χ3n) is 4.51. The fraction of sp³-hybridized carbons (Fsp3) is 0.727. The highest BCUT2D eigenvalue weighted by Gasteiger charge is 2.21. The lowest BCUT2D eigenvalue weighted by Gasteiger charge is -2.21.